The molecule has 0 aliphatic carbocycles. The number of nitrogens with zero attached hydrogens (tertiary/aromatic N) is 1. The number of aliphatic hydroxyl groups is 1. The van der Waals surface area contributed by atoms with Crippen molar-refractivity contribution in [2.45, 2.75) is 51.3 Å². The van der Waals surface area contributed by atoms with Crippen LogP contribution in [0.25, 0.3) is 0 Å². The SMILES string of the molecule is CC(O)CC1CCCCN1Cc1ccc(Cl)s1. The van der Waals surface area contributed by atoms with Gasteiger partial charge in [0.25, 0.3) is 0 Å². The molecule has 1 aromatic heterocycles. The molecule has 1 saturated heterocycles. The summed E-state index contributed by atoms with van der Waals surface area (Å²) in [6.45, 7) is 4.01. The summed E-state index contributed by atoms with van der Waals surface area (Å²) in [7, 11) is 0. The molecule has 1 aliphatic rings. The van der Waals surface area contributed by atoms with E-state index in [1.54, 1.807) is 11.3 Å². The summed E-state index contributed by atoms with van der Waals surface area (Å²) in [5.74, 6) is 0. The number of thiophene rings is 1. The van der Waals surface area contributed by atoms with Gasteiger partial charge in [0.1, 0.15) is 0 Å². The number of hydrogen-bond acceptors (Lipinski definition) is 3. The smallest absolute Gasteiger partial charge is 0.0931 e. The van der Waals surface area contributed by atoms with Crippen LogP contribution in [-0.4, -0.2) is 28.7 Å². The highest BCUT2D eigenvalue weighted by Gasteiger charge is 2.23. The van der Waals surface area contributed by atoms with Crippen molar-refractivity contribution >= 4 is 22.9 Å². The standard InChI is InChI=1S/C13H20ClNOS/c1-10(16)8-11-4-2-3-7-15(11)9-12-5-6-13(14)17-12/h5-6,10-11,16H,2-4,7-9H2,1H3. The number of rotatable bonds is 4. The highest BCUT2D eigenvalue weighted by atomic mass is 35.5. The molecule has 4 heteroatoms. The van der Waals surface area contributed by atoms with Crippen LogP contribution in [0.3, 0.4) is 0 Å². The third-order valence-electron chi connectivity index (χ3n) is 3.35. The normalized spacial score (nSPS) is 23.8. The molecule has 2 nitrogen and oxygen atoms in total. The van der Waals surface area contributed by atoms with Crippen LogP contribution < -0.4 is 0 Å². The summed E-state index contributed by atoms with van der Waals surface area (Å²) in [6, 6.07) is 4.61. The van der Waals surface area contributed by atoms with Gasteiger partial charge in [0, 0.05) is 17.5 Å². The first kappa shape index (κ1) is 13.3. The van der Waals surface area contributed by atoms with Crippen molar-refractivity contribution in [3.8, 4) is 0 Å². The fourth-order valence-corrected chi connectivity index (χ4v) is 3.68. The Morgan fingerprint density at radius 3 is 3.00 bits per heavy atom. The van der Waals surface area contributed by atoms with Gasteiger partial charge in [-0.15, -0.1) is 11.3 Å². The third-order valence-corrected chi connectivity index (χ3v) is 4.57. The van der Waals surface area contributed by atoms with Crippen LogP contribution >= 0.6 is 22.9 Å². The lowest BCUT2D eigenvalue weighted by atomic mass is 9.97. The summed E-state index contributed by atoms with van der Waals surface area (Å²) >= 11 is 7.62. The van der Waals surface area contributed by atoms with Crippen LogP contribution in [-0.2, 0) is 6.54 Å². The number of hydrogen-bond donors (Lipinski definition) is 1. The Kier molecular flexibility index (Phi) is 4.86. The number of aliphatic hydroxyl groups excluding tert-OH is 1. The van der Waals surface area contributed by atoms with Crippen LogP contribution in [0.5, 0.6) is 0 Å². The van der Waals surface area contributed by atoms with Crippen LogP contribution in [0, 0.1) is 0 Å². The lowest BCUT2D eigenvalue weighted by molar-refractivity contribution is 0.0825. The lowest BCUT2D eigenvalue weighted by Crippen LogP contribution is -2.40. The molecule has 2 heterocycles. The lowest BCUT2D eigenvalue weighted by Gasteiger charge is -2.36. The van der Waals surface area contributed by atoms with Gasteiger partial charge in [-0.25, -0.2) is 0 Å². The van der Waals surface area contributed by atoms with Crippen LogP contribution in [0.2, 0.25) is 4.34 Å². The Labute approximate surface area is 112 Å². The second-order valence-electron chi connectivity index (χ2n) is 4.91. The van der Waals surface area contributed by atoms with Gasteiger partial charge in [0.15, 0.2) is 0 Å². The van der Waals surface area contributed by atoms with Crippen molar-refractivity contribution in [1.29, 1.82) is 0 Å². The molecule has 1 aromatic rings. The zero-order valence-electron chi connectivity index (χ0n) is 10.2. The van der Waals surface area contributed by atoms with Crippen molar-refractivity contribution < 1.29 is 5.11 Å². The van der Waals surface area contributed by atoms with Gasteiger partial charge in [0.2, 0.25) is 0 Å². The quantitative estimate of drug-likeness (QED) is 0.907. The van der Waals surface area contributed by atoms with Gasteiger partial charge in [-0.2, -0.15) is 0 Å². The molecule has 0 spiro atoms. The Bertz CT molecular complexity index is 353. The Balaban J connectivity index is 1.96. The molecular formula is C13H20ClNOS. The van der Waals surface area contributed by atoms with Gasteiger partial charge in [-0.1, -0.05) is 18.0 Å². The Morgan fingerprint density at radius 2 is 2.35 bits per heavy atom. The molecule has 1 fully saturated rings. The van der Waals surface area contributed by atoms with E-state index in [9.17, 15) is 5.11 Å². The molecule has 0 radical (unpaired) electrons. The molecule has 2 unspecified atom stereocenters. The van der Waals surface area contributed by atoms with E-state index >= 15 is 0 Å². The maximum absolute atomic E-state index is 9.55. The van der Waals surface area contributed by atoms with Crippen LogP contribution in [0.4, 0.5) is 0 Å². The third kappa shape index (κ3) is 3.95. The molecule has 0 saturated carbocycles. The fraction of sp³-hybridized carbons (Fsp3) is 0.692. The van der Waals surface area contributed by atoms with Gasteiger partial charge in [0.05, 0.1) is 10.4 Å². The van der Waals surface area contributed by atoms with E-state index in [1.165, 1.54) is 24.1 Å². The van der Waals surface area contributed by atoms with E-state index in [4.69, 9.17) is 11.6 Å². The topological polar surface area (TPSA) is 23.5 Å². The van der Waals surface area contributed by atoms with E-state index in [0.29, 0.717) is 6.04 Å². The first-order valence-corrected chi connectivity index (χ1v) is 7.51. The molecule has 2 atom stereocenters. The summed E-state index contributed by atoms with van der Waals surface area (Å²) in [5, 5.41) is 9.55. The van der Waals surface area contributed by atoms with E-state index in [-0.39, 0.29) is 6.10 Å². The fourth-order valence-electron chi connectivity index (χ4n) is 2.57. The van der Waals surface area contributed by atoms with E-state index < -0.39 is 0 Å². The maximum atomic E-state index is 9.55. The van der Waals surface area contributed by atoms with Crippen molar-refractivity contribution in [3.63, 3.8) is 0 Å². The van der Waals surface area contributed by atoms with E-state index in [2.05, 4.69) is 11.0 Å². The summed E-state index contributed by atoms with van der Waals surface area (Å²) in [4.78, 5) is 3.82. The van der Waals surface area contributed by atoms with Gasteiger partial charge < -0.3 is 5.11 Å². The van der Waals surface area contributed by atoms with E-state index in [0.717, 1.165) is 23.8 Å². The Morgan fingerprint density at radius 1 is 1.53 bits per heavy atom. The summed E-state index contributed by atoms with van der Waals surface area (Å²) in [5.41, 5.74) is 0. The molecule has 17 heavy (non-hydrogen) atoms. The zero-order chi connectivity index (χ0) is 12.3. The van der Waals surface area contributed by atoms with Gasteiger partial charge in [-0.05, 0) is 44.9 Å². The number of piperidine rings is 1. The average molecular weight is 274 g/mol. The largest absolute Gasteiger partial charge is 0.393 e. The first-order valence-electron chi connectivity index (χ1n) is 6.31. The monoisotopic (exact) mass is 273 g/mol. The highest BCUT2D eigenvalue weighted by Crippen LogP contribution is 2.27. The van der Waals surface area contributed by atoms with Gasteiger partial charge >= 0.3 is 0 Å². The van der Waals surface area contributed by atoms with Crippen molar-refractivity contribution in [2.75, 3.05) is 6.54 Å². The first-order chi connectivity index (χ1) is 8.15. The minimum atomic E-state index is -0.201. The van der Waals surface area contributed by atoms with Crippen LogP contribution in [0.1, 0.15) is 37.5 Å². The van der Waals surface area contributed by atoms with Crippen molar-refractivity contribution in [3.05, 3.63) is 21.3 Å². The van der Waals surface area contributed by atoms with Crippen LogP contribution in [0.15, 0.2) is 12.1 Å². The Hall–Kier alpha value is -0.0900. The zero-order valence-corrected chi connectivity index (χ0v) is 11.8. The minimum absolute atomic E-state index is 0.201. The van der Waals surface area contributed by atoms with Crippen molar-refractivity contribution in [1.82, 2.24) is 4.90 Å². The molecule has 1 N–H and O–H groups in total. The second-order valence-corrected chi connectivity index (χ2v) is 6.71. The second kappa shape index (κ2) is 6.19. The van der Waals surface area contributed by atoms with Gasteiger partial charge in [-0.3, -0.25) is 4.90 Å². The highest BCUT2D eigenvalue weighted by molar-refractivity contribution is 7.16. The van der Waals surface area contributed by atoms with E-state index in [1.807, 2.05) is 13.0 Å². The predicted octanol–water partition coefficient (Wildman–Crippen LogP) is 3.53. The minimum Gasteiger partial charge on any atom is -0.393 e. The molecule has 0 amide bonds. The molecular weight excluding hydrogens is 254 g/mol. The molecule has 2 rings (SSSR count). The molecule has 0 bridgehead atoms. The molecule has 96 valence electrons. The number of likely N-dealkylation sites (tertiary alicyclic amines) is 1. The van der Waals surface area contributed by atoms with Crippen molar-refractivity contribution in [2.24, 2.45) is 0 Å². The molecule has 0 aromatic carbocycles. The summed E-state index contributed by atoms with van der Waals surface area (Å²) in [6.07, 6.45) is 4.46. The maximum Gasteiger partial charge on any atom is 0.0931 e. The number of halogens is 1. The molecule has 1 aliphatic heterocycles. The summed E-state index contributed by atoms with van der Waals surface area (Å²) < 4.78 is 0.865. The average Bonchev–Trinajstić information content (AvgIpc) is 2.66. The predicted molar refractivity (Wildman–Crippen MR) is 73.7 cm³/mol.